The van der Waals surface area contributed by atoms with Crippen LogP contribution in [-0.4, -0.2) is 17.4 Å². The Hall–Kier alpha value is -0.830. The van der Waals surface area contributed by atoms with E-state index in [4.69, 9.17) is 4.74 Å². The maximum Gasteiger partial charge on any atom is 0.319 e. The van der Waals surface area contributed by atoms with Crippen LogP contribution in [0.2, 0.25) is 0 Å². The first-order valence-corrected chi connectivity index (χ1v) is 7.83. The number of rotatable bonds is 7. The average Bonchev–Trinajstić information content (AvgIpc) is 2.38. The van der Waals surface area contributed by atoms with Gasteiger partial charge in [-0.3, -0.25) is 4.79 Å². The van der Waals surface area contributed by atoms with Crippen molar-refractivity contribution in [2.45, 2.75) is 51.3 Å². The molecule has 0 spiro atoms. The topological polar surface area (TPSA) is 26.3 Å². The van der Waals surface area contributed by atoms with E-state index in [2.05, 4.69) is 48.0 Å². The normalized spacial score (nSPS) is 12.2. The molecule has 3 heteroatoms. The maximum atomic E-state index is 11.6. The standard InChI is InChI=1S/C16H23BrO2/c1-4-10-19-16(18)15(17)7-5-6-14-9-8-12(2)11-13(14)3/h8-9,11,15H,4-7,10H2,1-3H3. The van der Waals surface area contributed by atoms with E-state index in [1.54, 1.807) is 0 Å². The van der Waals surface area contributed by atoms with E-state index in [0.29, 0.717) is 6.61 Å². The number of ether oxygens (including phenoxy) is 1. The summed E-state index contributed by atoms with van der Waals surface area (Å²) in [5.74, 6) is -0.137. The summed E-state index contributed by atoms with van der Waals surface area (Å²) in [7, 11) is 0. The number of carbonyl (C=O) groups is 1. The van der Waals surface area contributed by atoms with E-state index in [9.17, 15) is 4.79 Å². The van der Waals surface area contributed by atoms with Gasteiger partial charge >= 0.3 is 5.97 Å². The SMILES string of the molecule is CCCOC(=O)C(Br)CCCc1ccc(C)cc1C. The lowest BCUT2D eigenvalue weighted by Crippen LogP contribution is -2.18. The van der Waals surface area contributed by atoms with Crippen molar-refractivity contribution in [1.29, 1.82) is 0 Å². The highest BCUT2D eigenvalue weighted by Crippen LogP contribution is 2.16. The lowest BCUT2D eigenvalue weighted by atomic mass is 10.0. The second-order valence-corrected chi connectivity index (χ2v) is 6.06. The summed E-state index contributed by atoms with van der Waals surface area (Å²) in [5.41, 5.74) is 4.00. The van der Waals surface area contributed by atoms with Crippen molar-refractivity contribution in [3.05, 3.63) is 34.9 Å². The van der Waals surface area contributed by atoms with Crippen LogP contribution in [0.3, 0.4) is 0 Å². The molecule has 1 rings (SSSR count). The number of hydrogen-bond acceptors (Lipinski definition) is 2. The van der Waals surface area contributed by atoms with E-state index >= 15 is 0 Å². The summed E-state index contributed by atoms with van der Waals surface area (Å²) in [6, 6.07) is 6.53. The van der Waals surface area contributed by atoms with Crippen molar-refractivity contribution >= 4 is 21.9 Å². The average molecular weight is 327 g/mol. The third-order valence-corrected chi connectivity index (χ3v) is 3.94. The Kier molecular flexibility index (Phi) is 7.14. The maximum absolute atomic E-state index is 11.6. The number of carbonyl (C=O) groups excluding carboxylic acids is 1. The smallest absolute Gasteiger partial charge is 0.319 e. The van der Waals surface area contributed by atoms with Gasteiger partial charge < -0.3 is 4.74 Å². The molecule has 0 bridgehead atoms. The van der Waals surface area contributed by atoms with Gasteiger partial charge in [0.2, 0.25) is 0 Å². The number of aryl methyl sites for hydroxylation is 3. The zero-order valence-corrected chi connectivity index (χ0v) is 13.6. The summed E-state index contributed by atoms with van der Waals surface area (Å²) in [5, 5.41) is 0. The number of alkyl halides is 1. The largest absolute Gasteiger partial charge is 0.465 e. The van der Waals surface area contributed by atoms with Crippen LogP contribution in [0.5, 0.6) is 0 Å². The second kappa shape index (κ2) is 8.36. The molecule has 0 aliphatic carbocycles. The van der Waals surface area contributed by atoms with Crippen LogP contribution >= 0.6 is 15.9 Å². The Labute approximate surface area is 124 Å². The van der Waals surface area contributed by atoms with Crippen LogP contribution in [0.25, 0.3) is 0 Å². The number of benzene rings is 1. The highest BCUT2D eigenvalue weighted by Gasteiger charge is 2.15. The minimum absolute atomic E-state index is 0.137. The van der Waals surface area contributed by atoms with Crippen molar-refractivity contribution in [3.8, 4) is 0 Å². The minimum Gasteiger partial charge on any atom is -0.465 e. The fraction of sp³-hybridized carbons (Fsp3) is 0.562. The second-order valence-electron chi connectivity index (χ2n) is 4.96. The predicted octanol–water partition coefficient (Wildman–Crippen LogP) is 4.34. The Balaban J connectivity index is 2.35. The van der Waals surface area contributed by atoms with E-state index < -0.39 is 0 Å². The Morgan fingerprint density at radius 3 is 2.74 bits per heavy atom. The molecular weight excluding hydrogens is 304 g/mol. The number of halogens is 1. The molecule has 0 fully saturated rings. The molecule has 0 N–H and O–H groups in total. The van der Waals surface area contributed by atoms with Crippen LogP contribution in [0, 0.1) is 13.8 Å². The van der Waals surface area contributed by atoms with Gasteiger partial charge in [0.25, 0.3) is 0 Å². The molecule has 1 aromatic rings. The van der Waals surface area contributed by atoms with Crippen LogP contribution in [0.1, 0.15) is 42.9 Å². The molecule has 1 aromatic carbocycles. The van der Waals surface area contributed by atoms with Crippen LogP contribution in [-0.2, 0) is 16.0 Å². The monoisotopic (exact) mass is 326 g/mol. The lowest BCUT2D eigenvalue weighted by molar-refractivity contribution is -0.142. The summed E-state index contributed by atoms with van der Waals surface area (Å²) in [6.07, 6.45) is 3.68. The molecule has 2 nitrogen and oxygen atoms in total. The summed E-state index contributed by atoms with van der Waals surface area (Å²) in [6.45, 7) is 6.76. The van der Waals surface area contributed by atoms with E-state index in [1.807, 2.05) is 6.92 Å². The van der Waals surface area contributed by atoms with Crippen molar-refractivity contribution < 1.29 is 9.53 Å². The third kappa shape index (κ3) is 5.77. The van der Waals surface area contributed by atoms with Gasteiger partial charge in [-0.05, 0) is 50.7 Å². The van der Waals surface area contributed by atoms with Gasteiger partial charge in [-0.15, -0.1) is 0 Å². The molecule has 0 heterocycles. The van der Waals surface area contributed by atoms with Crippen LogP contribution in [0.4, 0.5) is 0 Å². The molecule has 0 radical (unpaired) electrons. The van der Waals surface area contributed by atoms with Gasteiger partial charge in [-0.1, -0.05) is 46.6 Å². The molecular formula is C16H23BrO2. The predicted molar refractivity (Wildman–Crippen MR) is 82.8 cm³/mol. The van der Waals surface area contributed by atoms with Gasteiger partial charge in [0.15, 0.2) is 0 Å². The molecule has 0 amide bonds. The van der Waals surface area contributed by atoms with Crippen molar-refractivity contribution in [2.75, 3.05) is 6.61 Å². The first kappa shape index (κ1) is 16.2. The zero-order chi connectivity index (χ0) is 14.3. The van der Waals surface area contributed by atoms with Gasteiger partial charge in [0.05, 0.1) is 6.61 Å². The first-order chi connectivity index (χ1) is 9.04. The van der Waals surface area contributed by atoms with Gasteiger partial charge in [-0.2, -0.15) is 0 Å². The highest BCUT2D eigenvalue weighted by molar-refractivity contribution is 9.10. The summed E-state index contributed by atoms with van der Waals surface area (Å²) >= 11 is 3.40. The quantitative estimate of drug-likeness (QED) is 0.550. The van der Waals surface area contributed by atoms with Crippen molar-refractivity contribution in [3.63, 3.8) is 0 Å². The zero-order valence-electron chi connectivity index (χ0n) is 12.0. The van der Waals surface area contributed by atoms with Gasteiger partial charge in [-0.25, -0.2) is 0 Å². The minimum atomic E-state index is -0.176. The van der Waals surface area contributed by atoms with E-state index in [0.717, 1.165) is 25.7 Å². The molecule has 0 aromatic heterocycles. The van der Waals surface area contributed by atoms with E-state index in [1.165, 1.54) is 16.7 Å². The highest BCUT2D eigenvalue weighted by atomic mass is 79.9. The molecule has 19 heavy (non-hydrogen) atoms. The number of esters is 1. The molecule has 106 valence electrons. The summed E-state index contributed by atoms with van der Waals surface area (Å²) < 4.78 is 5.11. The Morgan fingerprint density at radius 2 is 2.11 bits per heavy atom. The Bertz CT molecular complexity index is 415. The van der Waals surface area contributed by atoms with Crippen molar-refractivity contribution in [1.82, 2.24) is 0 Å². The molecule has 0 aliphatic heterocycles. The first-order valence-electron chi connectivity index (χ1n) is 6.91. The number of hydrogen-bond donors (Lipinski definition) is 0. The summed E-state index contributed by atoms with van der Waals surface area (Å²) in [4.78, 5) is 11.4. The Morgan fingerprint density at radius 1 is 1.37 bits per heavy atom. The van der Waals surface area contributed by atoms with Gasteiger partial charge in [0, 0.05) is 0 Å². The van der Waals surface area contributed by atoms with Gasteiger partial charge in [0.1, 0.15) is 4.83 Å². The molecule has 0 saturated heterocycles. The van der Waals surface area contributed by atoms with E-state index in [-0.39, 0.29) is 10.8 Å². The fourth-order valence-electron chi connectivity index (χ4n) is 2.01. The van der Waals surface area contributed by atoms with Crippen molar-refractivity contribution in [2.24, 2.45) is 0 Å². The lowest BCUT2D eigenvalue weighted by Gasteiger charge is -2.10. The fourth-order valence-corrected chi connectivity index (χ4v) is 2.46. The molecule has 1 unspecified atom stereocenters. The molecule has 1 atom stereocenters. The van der Waals surface area contributed by atoms with Crippen LogP contribution < -0.4 is 0 Å². The van der Waals surface area contributed by atoms with Crippen LogP contribution in [0.15, 0.2) is 18.2 Å². The molecule has 0 saturated carbocycles. The molecule has 0 aliphatic rings. The third-order valence-electron chi connectivity index (χ3n) is 3.11.